The van der Waals surface area contributed by atoms with E-state index < -0.39 is 0 Å². The number of hydrogen-bond donors (Lipinski definition) is 3. The lowest BCUT2D eigenvalue weighted by molar-refractivity contribution is 0.958. The van der Waals surface area contributed by atoms with Crippen LogP contribution in [0.4, 0.5) is 17.6 Å². The normalized spacial score (nSPS) is 10.4. The summed E-state index contributed by atoms with van der Waals surface area (Å²) in [5.74, 6) is 1.74. The molecular weight excluding hydrogens is 260 g/mol. The van der Waals surface area contributed by atoms with Gasteiger partial charge in [0.2, 0.25) is 5.95 Å². The summed E-state index contributed by atoms with van der Waals surface area (Å²) < 4.78 is 0. The summed E-state index contributed by atoms with van der Waals surface area (Å²) in [4.78, 5) is 12.7. The molecule has 102 valence electrons. The van der Waals surface area contributed by atoms with Gasteiger partial charge in [-0.2, -0.15) is 9.97 Å². The SMILES string of the molecule is CCNc1cc(NCCc2csc(C)n2)nc(N)n1. The van der Waals surface area contributed by atoms with Crippen LogP contribution in [0.2, 0.25) is 0 Å². The maximum absolute atomic E-state index is 5.66. The van der Waals surface area contributed by atoms with Gasteiger partial charge in [-0.15, -0.1) is 11.3 Å². The first-order valence-electron chi connectivity index (χ1n) is 6.20. The lowest BCUT2D eigenvalue weighted by atomic mass is 10.3. The molecule has 0 aliphatic rings. The lowest BCUT2D eigenvalue weighted by Gasteiger charge is -2.08. The summed E-state index contributed by atoms with van der Waals surface area (Å²) in [6.07, 6.45) is 0.866. The molecule has 2 aromatic rings. The quantitative estimate of drug-likeness (QED) is 0.748. The third-order valence-electron chi connectivity index (χ3n) is 2.46. The van der Waals surface area contributed by atoms with Gasteiger partial charge < -0.3 is 16.4 Å². The Morgan fingerprint density at radius 3 is 2.58 bits per heavy atom. The van der Waals surface area contributed by atoms with E-state index in [9.17, 15) is 0 Å². The Morgan fingerprint density at radius 1 is 1.21 bits per heavy atom. The molecule has 6 nitrogen and oxygen atoms in total. The number of thiazole rings is 1. The van der Waals surface area contributed by atoms with Crippen LogP contribution in [0, 0.1) is 6.92 Å². The minimum atomic E-state index is 0.269. The number of nitrogens with zero attached hydrogens (tertiary/aromatic N) is 3. The molecule has 0 saturated heterocycles. The average Bonchev–Trinajstić information content (AvgIpc) is 2.75. The summed E-state index contributed by atoms with van der Waals surface area (Å²) in [5.41, 5.74) is 6.76. The highest BCUT2D eigenvalue weighted by Gasteiger charge is 2.02. The molecule has 0 fully saturated rings. The molecule has 0 aliphatic heterocycles. The van der Waals surface area contributed by atoms with E-state index in [4.69, 9.17) is 5.73 Å². The van der Waals surface area contributed by atoms with Crippen molar-refractivity contribution in [1.29, 1.82) is 0 Å². The van der Waals surface area contributed by atoms with E-state index in [1.54, 1.807) is 11.3 Å². The zero-order valence-electron chi connectivity index (χ0n) is 11.1. The number of anilines is 3. The first-order chi connectivity index (χ1) is 9.17. The van der Waals surface area contributed by atoms with Gasteiger partial charge in [-0.1, -0.05) is 0 Å². The van der Waals surface area contributed by atoms with Crippen LogP contribution in [0.5, 0.6) is 0 Å². The van der Waals surface area contributed by atoms with Crippen molar-refractivity contribution in [2.45, 2.75) is 20.3 Å². The van der Waals surface area contributed by atoms with Crippen LogP contribution in [-0.4, -0.2) is 28.0 Å². The Balaban J connectivity index is 1.91. The van der Waals surface area contributed by atoms with Crippen molar-refractivity contribution in [1.82, 2.24) is 15.0 Å². The second kappa shape index (κ2) is 6.33. The standard InChI is InChI=1S/C12H18N6S/c1-3-14-10-6-11(18-12(13)17-10)15-5-4-9-7-19-8(2)16-9/h6-7H,3-5H2,1-2H3,(H4,13,14,15,17,18). The number of nitrogen functional groups attached to an aromatic ring is 1. The van der Waals surface area contributed by atoms with Crippen molar-refractivity contribution in [3.63, 3.8) is 0 Å². The zero-order chi connectivity index (χ0) is 13.7. The molecule has 2 heterocycles. The molecule has 0 spiro atoms. The summed E-state index contributed by atoms with van der Waals surface area (Å²) in [5, 5.41) is 9.53. The number of rotatable bonds is 6. The maximum atomic E-state index is 5.66. The van der Waals surface area contributed by atoms with Crippen molar-refractivity contribution in [3.8, 4) is 0 Å². The number of nitrogens with one attached hydrogen (secondary N) is 2. The van der Waals surface area contributed by atoms with Crippen molar-refractivity contribution in [2.24, 2.45) is 0 Å². The van der Waals surface area contributed by atoms with Crippen LogP contribution in [0.1, 0.15) is 17.6 Å². The largest absolute Gasteiger partial charge is 0.370 e. The highest BCUT2D eigenvalue weighted by molar-refractivity contribution is 7.09. The molecule has 2 aromatic heterocycles. The second-order valence-corrected chi connectivity index (χ2v) is 5.12. The summed E-state index contributed by atoms with van der Waals surface area (Å²) in [6, 6.07) is 1.85. The van der Waals surface area contributed by atoms with Crippen LogP contribution in [0.15, 0.2) is 11.4 Å². The molecule has 0 bridgehead atoms. The summed E-state index contributed by atoms with van der Waals surface area (Å²) >= 11 is 1.67. The van der Waals surface area contributed by atoms with Gasteiger partial charge in [0.25, 0.3) is 0 Å². The molecule has 0 aromatic carbocycles. The Kier molecular flexibility index (Phi) is 4.51. The number of aromatic nitrogens is 3. The van der Waals surface area contributed by atoms with Gasteiger partial charge >= 0.3 is 0 Å². The topological polar surface area (TPSA) is 88.8 Å². The average molecular weight is 278 g/mol. The predicted molar refractivity (Wildman–Crippen MR) is 79.7 cm³/mol. The molecular formula is C12H18N6S. The van der Waals surface area contributed by atoms with E-state index >= 15 is 0 Å². The maximum Gasteiger partial charge on any atom is 0.223 e. The zero-order valence-corrected chi connectivity index (χ0v) is 11.9. The number of nitrogens with two attached hydrogens (primary N) is 1. The molecule has 2 rings (SSSR count). The molecule has 0 radical (unpaired) electrons. The third kappa shape index (κ3) is 4.06. The van der Waals surface area contributed by atoms with Gasteiger partial charge in [-0.05, 0) is 13.8 Å². The number of hydrogen-bond acceptors (Lipinski definition) is 7. The van der Waals surface area contributed by atoms with Crippen LogP contribution in [0.25, 0.3) is 0 Å². The van der Waals surface area contributed by atoms with Crippen LogP contribution >= 0.6 is 11.3 Å². The van der Waals surface area contributed by atoms with Crippen LogP contribution < -0.4 is 16.4 Å². The Morgan fingerprint density at radius 2 is 1.95 bits per heavy atom. The first kappa shape index (κ1) is 13.5. The van der Waals surface area contributed by atoms with Gasteiger partial charge in [0.1, 0.15) is 11.6 Å². The van der Waals surface area contributed by atoms with E-state index in [-0.39, 0.29) is 5.95 Å². The van der Waals surface area contributed by atoms with Gasteiger partial charge in [0.05, 0.1) is 10.7 Å². The van der Waals surface area contributed by atoms with E-state index in [1.165, 1.54) is 0 Å². The summed E-state index contributed by atoms with van der Waals surface area (Å²) in [6.45, 7) is 5.59. The molecule has 0 saturated carbocycles. The molecule has 0 aliphatic carbocycles. The third-order valence-corrected chi connectivity index (χ3v) is 3.28. The van der Waals surface area contributed by atoms with Crippen molar-refractivity contribution < 1.29 is 0 Å². The Hall–Kier alpha value is -1.89. The molecule has 0 atom stereocenters. The van der Waals surface area contributed by atoms with E-state index in [2.05, 4.69) is 31.0 Å². The van der Waals surface area contributed by atoms with Crippen LogP contribution in [-0.2, 0) is 6.42 Å². The molecule has 0 amide bonds. The highest BCUT2D eigenvalue weighted by Crippen LogP contribution is 2.13. The van der Waals surface area contributed by atoms with Crippen molar-refractivity contribution in [3.05, 3.63) is 22.1 Å². The first-order valence-corrected chi connectivity index (χ1v) is 7.08. The minimum absolute atomic E-state index is 0.269. The fraction of sp³-hybridized carbons (Fsp3) is 0.417. The van der Waals surface area contributed by atoms with E-state index in [0.717, 1.165) is 41.8 Å². The number of aryl methyl sites for hydroxylation is 1. The van der Waals surface area contributed by atoms with Gasteiger partial charge in [-0.25, -0.2) is 4.98 Å². The van der Waals surface area contributed by atoms with E-state index in [0.29, 0.717) is 0 Å². The molecule has 4 N–H and O–H groups in total. The van der Waals surface area contributed by atoms with Crippen molar-refractivity contribution >= 4 is 28.9 Å². The predicted octanol–water partition coefficient (Wildman–Crippen LogP) is 1.91. The van der Waals surface area contributed by atoms with Gasteiger partial charge in [0, 0.05) is 31.0 Å². The monoisotopic (exact) mass is 278 g/mol. The smallest absolute Gasteiger partial charge is 0.223 e. The molecule has 0 unspecified atom stereocenters. The fourth-order valence-corrected chi connectivity index (χ4v) is 2.32. The Bertz CT molecular complexity index is 539. The Labute approximate surface area is 116 Å². The van der Waals surface area contributed by atoms with Gasteiger partial charge in [0.15, 0.2) is 0 Å². The van der Waals surface area contributed by atoms with Crippen LogP contribution in [0.3, 0.4) is 0 Å². The van der Waals surface area contributed by atoms with E-state index in [1.807, 2.05) is 19.9 Å². The van der Waals surface area contributed by atoms with Gasteiger partial charge in [-0.3, -0.25) is 0 Å². The highest BCUT2D eigenvalue weighted by atomic mass is 32.1. The van der Waals surface area contributed by atoms with Crippen molar-refractivity contribution in [2.75, 3.05) is 29.5 Å². The molecule has 19 heavy (non-hydrogen) atoms. The second-order valence-electron chi connectivity index (χ2n) is 4.06. The lowest BCUT2D eigenvalue weighted by Crippen LogP contribution is -2.10. The fourth-order valence-electron chi connectivity index (χ4n) is 1.67. The summed E-state index contributed by atoms with van der Waals surface area (Å²) in [7, 11) is 0. The minimum Gasteiger partial charge on any atom is -0.370 e. The molecule has 7 heteroatoms.